The van der Waals surface area contributed by atoms with E-state index in [9.17, 15) is 19.2 Å². The minimum atomic E-state index is -2.15. The summed E-state index contributed by atoms with van der Waals surface area (Å²) in [5, 5.41) is 1.41. The molecule has 0 radical (unpaired) electrons. The molecule has 14 heteroatoms. The van der Waals surface area contributed by atoms with E-state index in [1.165, 1.54) is 22.7 Å². The standard InChI is InChI=1S/C47H24N2O8S4/c50-37-25-15-7-8-16-26(25)38(51)35(37)48-31-19-29-41(60-31)33-43(58-29)44-34(42-30(59-44)20-32(61-42)49-36-39(52)27-17-9-10-18-28(27)40(36)53)47(33,45(54)56-21-23-11-3-1-4-12-23)46(55)57-22-24-13-5-2-6-14-24/h1-20H,21-22H2. The number of carbonyl (C=O) groups excluding carboxylic acids is 2. The van der Waals surface area contributed by atoms with Gasteiger partial charge in [0.1, 0.15) is 23.2 Å². The Morgan fingerprint density at radius 1 is 0.475 bits per heavy atom. The number of rotatable bonds is 8. The number of hydrogen-bond donors (Lipinski definition) is 0. The molecule has 6 aromatic carbocycles. The highest BCUT2D eigenvalue weighted by molar-refractivity contribution is 7.36. The van der Waals surface area contributed by atoms with Gasteiger partial charge in [-0.15, -0.1) is 45.3 Å². The monoisotopic (exact) mass is 872 g/mol. The van der Waals surface area contributed by atoms with Gasteiger partial charge in [-0.05, 0) is 23.3 Å². The first-order valence-corrected chi connectivity index (χ1v) is 22.1. The first-order valence-electron chi connectivity index (χ1n) is 18.8. The van der Waals surface area contributed by atoms with Crippen molar-refractivity contribution in [1.82, 2.24) is 0 Å². The Kier molecular flexibility index (Phi) is 8.61. The maximum Gasteiger partial charge on any atom is 0.333 e. The Labute approximate surface area is 358 Å². The van der Waals surface area contributed by atoms with Gasteiger partial charge in [0, 0.05) is 42.1 Å². The van der Waals surface area contributed by atoms with Gasteiger partial charge < -0.3 is 9.47 Å². The molecule has 0 N–H and O–H groups in total. The number of thiophene rings is 4. The molecule has 10 nitrogen and oxygen atoms in total. The molecule has 0 atom stereocenters. The van der Waals surface area contributed by atoms with Crippen molar-refractivity contribution in [2.24, 2.45) is 9.98 Å². The average Bonchev–Trinajstić information content (AvgIpc) is 4.14. The molecule has 0 unspecified atom stereocenters. The van der Waals surface area contributed by atoms with Crippen molar-refractivity contribution in [3.63, 3.8) is 0 Å². The third-order valence-corrected chi connectivity index (χ3v) is 15.6. The highest BCUT2D eigenvalue weighted by Crippen LogP contribution is 2.64. The van der Waals surface area contributed by atoms with Gasteiger partial charge in [0.2, 0.25) is 27.1 Å². The Bertz CT molecular complexity index is 3450. The predicted molar refractivity (Wildman–Crippen MR) is 240 cm³/mol. The molecule has 0 spiro atoms. The fourth-order valence-corrected chi connectivity index (χ4v) is 13.4. The maximum absolute atomic E-state index is 15.3. The zero-order chi connectivity index (χ0) is 41.6. The normalized spacial score (nSPS) is 12.9. The molecule has 0 saturated heterocycles. The first kappa shape index (κ1) is 37.2. The van der Waals surface area contributed by atoms with Crippen molar-refractivity contribution >= 4 is 108 Å². The lowest BCUT2D eigenvalue weighted by molar-refractivity contribution is -0.164. The first-order chi connectivity index (χ1) is 29.7. The third kappa shape index (κ3) is 5.63. The van der Waals surface area contributed by atoms with E-state index in [0.717, 1.165) is 22.7 Å². The Balaban J connectivity index is 1.14. The second kappa shape index (κ2) is 14.1. The van der Waals surface area contributed by atoms with Crippen LogP contribution in [0.5, 0.6) is 0 Å². The smallest absolute Gasteiger partial charge is 0.333 e. The molecule has 0 saturated carbocycles. The molecule has 294 valence electrons. The molecule has 0 bridgehead atoms. The van der Waals surface area contributed by atoms with Crippen LogP contribution >= 0.6 is 45.3 Å². The highest BCUT2D eigenvalue weighted by atomic mass is 32.1. The number of nitrogens with zero attached hydrogens (tertiary/aromatic N) is 2. The van der Waals surface area contributed by atoms with Crippen LogP contribution in [-0.2, 0) is 37.7 Å². The lowest BCUT2D eigenvalue weighted by Crippen LogP contribution is -2.45. The van der Waals surface area contributed by atoms with E-state index in [4.69, 9.17) is 9.47 Å². The largest absolute Gasteiger partial charge is 0.459 e. The van der Waals surface area contributed by atoms with Gasteiger partial charge >= 0.3 is 11.9 Å². The van der Waals surface area contributed by atoms with E-state index in [0.29, 0.717) is 60.8 Å². The lowest BCUT2D eigenvalue weighted by atomic mass is 9.79. The third-order valence-electron chi connectivity index (χ3n) is 10.8. The van der Waals surface area contributed by atoms with Crippen molar-refractivity contribution in [2.45, 2.75) is 18.6 Å². The zero-order valence-corrected chi connectivity index (χ0v) is 34.5. The van der Waals surface area contributed by atoms with Crippen molar-refractivity contribution < 1.29 is 19.1 Å². The summed E-state index contributed by atoms with van der Waals surface area (Å²) in [6.45, 7) is -0.276. The van der Waals surface area contributed by atoms with Crippen LogP contribution in [0.4, 0.5) is 10.0 Å². The minimum Gasteiger partial charge on any atom is -0.459 e. The van der Waals surface area contributed by atoms with E-state index >= 15 is 9.59 Å². The molecule has 10 aromatic rings. The molecule has 1 aliphatic carbocycles. The van der Waals surface area contributed by atoms with E-state index < -0.39 is 39.1 Å². The number of hydrogen-bond acceptors (Lipinski definition) is 14. The van der Waals surface area contributed by atoms with Crippen molar-refractivity contribution in [2.75, 3.05) is 0 Å². The van der Waals surface area contributed by atoms with Crippen LogP contribution in [0, 0.1) is 0 Å². The van der Waals surface area contributed by atoms with Crippen LogP contribution in [0.25, 0.3) is 50.1 Å². The van der Waals surface area contributed by atoms with Gasteiger partial charge in [-0.25, -0.2) is 9.98 Å². The van der Waals surface area contributed by atoms with E-state index in [2.05, 4.69) is 9.98 Å². The summed E-state index contributed by atoms with van der Waals surface area (Å²) in [6.07, 6.45) is 0. The maximum atomic E-state index is 15.3. The summed E-state index contributed by atoms with van der Waals surface area (Å²) in [7, 11) is 0. The van der Waals surface area contributed by atoms with Gasteiger partial charge in [0.25, 0.3) is 0 Å². The van der Waals surface area contributed by atoms with Crippen LogP contribution < -0.4 is 32.4 Å². The van der Waals surface area contributed by atoms with Crippen LogP contribution in [0.15, 0.2) is 150 Å². The molecule has 1 aliphatic rings. The second-order valence-electron chi connectivity index (χ2n) is 14.4. The SMILES string of the molecule is O=C(OCc1ccccc1)C1(C(=O)OCc2ccccc2)c2c(sc3cc(N=c4c(=O)c5ccccc5c4=O)sc23)-c2sc3cc(N=c4c(=O)c5ccccc5c4=O)sc3c21. The van der Waals surface area contributed by atoms with Gasteiger partial charge in [-0.2, -0.15) is 0 Å². The van der Waals surface area contributed by atoms with Gasteiger partial charge in [-0.1, -0.05) is 109 Å². The molecule has 11 rings (SSSR count). The predicted octanol–water partition coefficient (Wildman–Crippen LogP) is 7.96. The van der Waals surface area contributed by atoms with Gasteiger partial charge in [-0.3, -0.25) is 28.8 Å². The van der Waals surface area contributed by atoms with Gasteiger partial charge in [0.15, 0.2) is 10.7 Å². The molecule has 0 aliphatic heterocycles. The molecular formula is C47H24N2O8S4. The molecule has 0 fully saturated rings. The highest BCUT2D eigenvalue weighted by Gasteiger charge is 2.62. The van der Waals surface area contributed by atoms with Crippen LogP contribution in [-0.4, -0.2) is 11.9 Å². The van der Waals surface area contributed by atoms with E-state index in [-0.39, 0.29) is 45.5 Å². The second-order valence-corrected chi connectivity index (χ2v) is 18.5. The summed E-state index contributed by atoms with van der Waals surface area (Å²) in [4.78, 5) is 94.4. The number of esters is 2. The summed E-state index contributed by atoms with van der Waals surface area (Å²) in [5.74, 6) is -1.71. The summed E-state index contributed by atoms with van der Waals surface area (Å²) >= 11 is 5.04. The van der Waals surface area contributed by atoms with Crippen LogP contribution in [0.2, 0.25) is 0 Å². The molecule has 4 heterocycles. The molecular weight excluding hydrogens is 849 g/mol. The summed E-state index contributed by atoms with van der Waals surface area (Å²) in [6, 6.07) is 34.9. The number of ether oxygens (including phenoxy) is 2. The number of carbonyl (C=O) groups is 2. The van der Waals surface area contributed by atoms with E-state index in [1.807, 2.05) is 60.7 Å². The Hall–Kier alpha value is -6.84. The Morgan fingerprint density at radius 2 is 0.820 bits per heavy atom. The topological polar surface area (TPSA) is 146 Å². The van der Waals surface area contributed by atoms with Crippen molar-refractivity contribution in [3.8, 4) is 9.75 Å². The van der Waals surface area contributed by atoms with Crippen LogP contribution in [0.3, 0.4) is 0 Å². The van der Waals surface area contributed by atoms with Crippen molar-refractivity contribution in [1.29, 1.82) is 0 Å². The van der Waals surface area contributed by atoms with Crippen LogP contribution in [0.1, 0.15) is 22.3 Å². The number of benzene rings is 4. The fourth-order valence-electron chi connectivity index (χ4n) is 8.04. The average molecular weight is 873 g/mol. The lowest BCUT2D eigenvalue weighted by Gasteiger charge is -2.27. The number of fused-ring (bicyclic) bond motifs is 9. The Morgan fingerprint density at radius 3 is 1.18 bits per heavy atom. The molecule has 61 heavy (non-hydrogen) atoms. The minimum absolute atomic E-state index is 0.138. The summed E-state index contributed by atoms with van der Waals surface area (Å²) in [5.41, 5.74) is -1.91. The molecule has 4 aromatic heterocycles. The fraction of sp³-hybridized carbons (Fsp3) is 0.0638. The summed E-state index contributed by atoms with van der Waals surface area (Å²) < 4.78 is 14.8. The van der Waals surface area contributed by atoms with E-state index in [1.54, 1.807) is 60.7 Å². The van der Waals surface area contributed by atoms with Crippen molar-refractivity contribution in [3.05, 3.63) is 195 Å². The molecule has 0 amide bonds. The zero-order valence-electron chi connectivity index (χ0n) is 31.3. The van der Waals surface area contributed by atoms with Gasteiger partial charge in [0.05, 0.1) is 19.2 Å². The quantitative estimate of drug-likeness (QED) is 0.111.